The first-order valence-corrected chi connectivity index (χ1v) is 6.65. The number of nitrogens with one attached hydrogen (secondary N) is 1. The second-order valence-corrected chi connectivity index (χ2v) is 5.59. The van der Waals surface area contributed by atoms with Crippen molar-refractivity contribution in [3.8, 4) is 0 Å². The highest BCUT2D eigenvalue weighted by Crippen LogP contribution is 2.36. The van der Waals surface area contributed by atoms with E-state index in [0.717, 1.165) is 12.6 Å². The summed E-state index contributed by atoms with van der Waals surface area (Å²) < 4.78 is 38.4. The van der Waals surface area contributed by atoms with Crippen LogP contribution in [0.3, 0.4) is 0 Å². The van der Waals surface area contributed by atoms with Gasteiger partial charge >= 0.3 is 6.18 Å². The summed E-state index contributed by atoms with van der Waals surface area (Å²) in [6.45, 7) is 4.84. The summed E-state index contributed by atoms with van der Waals surface area (Å²) in [7, 11) is 0. The van der Waals surface area contributed by atoms with Crippen LogP contribution in [0.1, 0.15) is 19.4 Å². The lowest BCUT2D eigenvalue weighted by atomic mass is 10.1. The minimum atomic E-state index is -4.36. The van der Waals surface area contributed by atoms with Crippen molar-refractivity contribution in [1.82, 2.24) is 5.01 Å². The molecule has 0 aliphatic carbocycles. The maximum atomic E-state index is 12.8. The fourth-order valence-corrected chi connectivity index (χ4v) is 2.39. The minimum absolute atomic E-state index is 0.0482. The van der Waals surface area contributed by atoms with Crippen molar-refractivity contribution in [2.75, 3.05) is 12.0 Å². The smallest absolute Gasteiger partial charge is 0.299 e. The van der Waals surface area contributed by atoms with Crippen molar-refractivity contribution in [2.24, 2.45) is 5.92 Å². The zero-order valence-corrected chi connectivity index (χ0v) is 12.1. The molecule has 0 bridgehead atoms. The number of halogens is 4. The number of benzene rings is 1. The van der Waals surface area contributed by atoms with Crippen LogP contribution in [0.15, 0.2) is 34.4 Å². The Kier molecular flexibility index (Phi) is 3.80. The molecule has 1 heterocycles. The maximum Gasteiger partial charge on any atom is 0.417 e. The largest absolute Gasteiger partial charge is 0.417 e. The summed E-state index contributed by atoms with van der Waals surface area (Å²) in [5, 5.41) is 1.81. The van der Waals surface area contributed by atoms with Gasteiger partial charge in [-0.3, -0.25) is 10.4 Å². The van der Waals surface area contributed by atoms with Crippen LogP contribution in [0.5, 0.6) is 0 Å². The third-order valence-electron chi connectivity index (χ3n) is 3.15. The summed E-state index contributed by atoms with van der Waals surface area (Å²) in [6.07, 6.45) is -2.44. The van der Waals surface area contributed by atoms with E-state index in [1.807, 2.05) is 18.1 Å². The van der Waals surface area contributed by atoms with Gasteiger partial charge < -0.3 is 0 Å². The molecule has 19 heavy (non-hydrogen) atoms. The lowest BCUT2D eigenvalue weighted by Gasteiger charge is -2.20. The predicted molar refractivity (Wildman–Crippen MR) is 72.4 cm³/mol. The third-order valence-corrected chi connectivity index (χ3v) is 3.84. The Morgan fingerprint density at radius 3 is 2.58 bits per heavy atom. The first-order valence-electron chi connectivity index (χ1n) is 5.85. The quantitative estimate of drug-likeness (QED) is 0.846. The van der Waals surface area contributed by atoms with E-state index in [0.29, 0.717) is 11.6 Å². The van der Waals surface area contributed by atoms with Crippen molar-refractivity contribution in [3.05, 3.63) is 40.0 Å². The Hall–Kier alpha value is -1.17. The molecule has 1 aromatic rings. The summed E-state index contributed by atoms with van der Waals surface area (Å²) in [4.78, 5) is 0. The Balaban J connectivity index is 2.19. The first kappa shape index (κ1) is 14.2. The lowest BCUT2D eigenvalue weighted by Crippen LogP contribution is -2.24. The van der Waals surface area contributed by atoms with Crippen molar-refractivity contribution in [1.29, 1.82) is 0 Å². The molecule has 1 N–H and O–H groups in total. The fraction of sp³-hybridized carbons (Fsp3) is 0.385. The highest BCUT2D eigenvalue weighted by Gasteiger charge is 2.33. The molecule has 0 saturated heterocycles. The number of nitrogens with zero attached hydrogens (tertiary/aromatic N) is 1. The van der Waals surface area contributed by atoms with E-state index in [1.54, 1.807) is 6.07 Å². The molecule has 1 aliphatic rings. The van der Waals surface area contributed by atoms with Gasteiger partial charge in [0.25, 0.3) is 0 Å². The first-order chi connectivity index (χ1) is 8.77. The van der Waals surface area contributed by atoms with Gasteiger partial charge in [-0.25, -0.2) is 0 Å². The van der Waals surface area contributed by atoms with Crippen molar-refractivity contribution in [2.45, 2.75) is 20.0 Å². The highest BCUT2D eigenvalue weighted by molar-refractivity contribution is 9.10. The van der Waals surface area contributed by atoms with E-state index in [1.165, 1.54) is 11.6 Å². The molecule has 0 aromatic heterocycles. The predicted octanol–water partition coefficient (Wildman–Crippen LogP) is 4.65. The van der Waals surface area contributed by atoms with Crippen LogP contribution in [-0.4, -0.2) is 11.6 Å². The average molecular weight is 335 g/mol. The molecule has 0 spiro atoms. The maximum absolute atomic E-state index is 12.8. The summed E-state index contributed by atoms with van der Waals surface area (Å²) in [5.74, 6) is 0.407. The Morgan fingerprint density at radius 1 is 1.37 bits per heavy atom. The fourth-order valence-electron chi connectivity index (χ4n) is 1.92. The summed E-state index contributed by atoms with van der Waals surface area (Å²) in [6, 6.07) is 4.13. The molecule has 0 radical (unpaired) electrons. The Morgan fingerprint density at radius 2 is 2.05 bits per heavy atom. The van der Waals surface area contributed by atoms with Crippen molar-refractivity contribution in [3.63, 3.8) is 0 Å². The molecule has 1 atom stereocenters. The number of alkyl halides is 3. The van der Waals surface area contributed by atoms with Crippen LogP contribution >= 0.6 is 15.9 Å². The molecule has 1 aromatic carbocycles. The summed E-state index contributed by atoms with van der Waals surface area (Å²) >= 11 is 2.92. The Bertz CT molecular complexity index is 511. The van der Waals surface area contributed by atoms with Crippen LogP contribution in [0.25, 0.3) is 0 Å². The molecule has 0 saturated carbocycles. The minimum Gasteiger partial charge on any atom is -0.299 e. The average Bonchev–Trinajstić information content (AvgIpc) is 2.59. The number of hydrogen-bond acceptors (Lipinski definition) is 2. The number of anilines is 1. The molecule has 104 valence electrons. The van der Waals surface area contributed by atoms with Crippen LogP contribution in [0, 0.1) is 5.92 Å². The highest BCUT2D eigenvalue weighted by atomic mass is 79.9. The van der Waals surface area contributed by atoms with Crippen molar-refractivity contribution < 1.29 is 13.2 Å². The van der Waals surface area contributed by atoms with Crippen LogP contribution in [0.4, 0.5) is 18.9 Å². The third kappa shape index (κ3) is 3.23. The standard InChI is InChI=1S/C13H14BrF3N2/c1-8-6-19(7-9(8)2)18-10-3-4-12(14)11(5-10)13(15,16)17/h3-6,9,18H,7H2,1-2H3. The second-order valence-electron chi connectivity index (χ2n) is 4.73. The molecule has 2 rings (SSSR count). The van der Waals surface area contributed by atoms with E-state index in [2.05, 4.69) is 28.3 Å². The van der Waals surface area contributed by atoms with Crippen LogP contribution in [0.2, 0.25) is 0 Å². The van der Waals surface area contributed by atoms with E-state index >= 15 is 0 Å². The van der Waals surface area contributed by atoms with Gasteiger partial charge in [-0.05, 0) is 31.0 Å². The van der Waals surface area contributed by atoms with Gasteiger partial charge in [-0.15, -0.1) is 0 Å². The second kappa shape index (κ2) is 5.07. The van der Waals surface area contributed by atoms with E-state index in [9.17, 15) is 13.2 Å². The summed E-state index contributed by atoms with van der Waals surface area (Å²) in [5.41, 5.74) is 3.94. The molecule has 6 heteroatoms. The topological polar surface area (TPSA) is 15.3 Å². The van der Waals surface area contributed by atoms with Gasteiger partial charge in [0.15, 0.2) is 0 Å². The molecule has 1 unspecified atom stereocenters. The van der Waals surface area contributed by atoms with Gasteiger partial charge in [0.05, 0.1) is 11.3 Å². The molecular formula is C13H14BrF3N2. The zero-order valence-electron chi connectivity index (χ0n) is 10.6. The van der Waals surface area contributed by atoms with Gasteiger partial charge in [0.2, 0.25) is 0 Å². The lowest BCUT2D eigenvalue weighted by molar-refractivity contribution is -0.138. The zero-order chi connectivity index (χ0) is 14.2. The molecule has 1 aliphatic heterocycles. The van der Waals surface area contributed by atoms with E-state index in [4.69, 9.17) is 0 Å². The number of hydrogen-bond donors (Lipinski definition) is 1. The molecular weight excluding hydrogens is 321 g/mol. The monoisotopic (exact) mass is 334 g/mol. The van der Waals surface area contributed by atoms with Gasteiger partial charge in [-0.2, -0.15) is 13.2 Å². The number of hydrazine groups is 1. The normalized spacial score (nSPS) is 19.6. The van der Waals surface area contributed by atoms with Gasteiger partial charge in [0.1, 0.15) is 0 Å². The molecule has 0 amide bonds. The van der Waals surface area contributed by atoms with E-state index in [-0.39, 0.29) is 4.47 Å². The van der Waals surface area contributed by atoms with Gasteiger partial charge in [0, 0.05) is 17.2 Å². The Labute approximate surface area is 118 Å². The number of rotatable bonds is 2. The SMILES string of the molecule is CC1=CN(Nc2ccc(Br)c(C(F)(F)F)c2)CC1C. The molecule has 0 fully saturated rings. The molecule has 2 nitrogen and oxygen atoms in total. The van der Waals surface area contributed by atoms with Crippen molar-refractivity contribution >= 4 is 21.6 Å². The van der Waals surface area contributed by atoms with Gasteiger partial charge in [-0.1, -0.05) is 28.4 Å². The van der Waals surface area contributed by atoms with E-state index < -0.39 is 11.7 Å². The van der Waals surface area contributed by atoms with Crippen LogP contribution in [-0.2, 0) is 6.18 Å². The van der Waals surface area contributed by atoms with Crippen LogP contribution < -0.4 is 5.43 Å².